The third-order valence-corrected chi connectivity index (χ3v) is 6.03. The molecule has 2 saturated heterocycles. The minimum Gasteiger partial charge on any atom is -0.342 e. The fourth-order valence-corrected chi connectivity index (χ4v) is 4.42. The van der Waals surface area contributed by atoms with Gasteiger partial charge in [0.2, 0.25) is 11.8 Å². The van der Waals surface area contributed by atoms with Gasteiger partial charge in [0.05, 0.1) is 13.1 Å². The van der Waals surface area contributed by atoms with Crippen LogP contribution in [0.1, 0.15) is 30.4 Å². The lowest BCUT2D eigenvalue weighted by Gasteiger charge is -2.34. The molecule has 2 heterocycles. The van der Waals surface area contributed by atoms with Crippen molar-refractivity contribution in [1.82, 2.24) is 14.7 Å². The molecule has 1 N–H and O–H groups in total. The molecular weight excluding hydrogens is 340 g/mol. The van der Waals surface area contributed by atoms with Crippen molar-refractivity contribution in [2.75, 3.05) is 57.7 Å². The number of rotatable bonds is 5. The van der Waals surface area contributed by atoms with Crippen LogP contribution in [0, 0.1) is 0 Å². The van der Waals surface area contributed by atoms with E-state index < -0.39 is 0 Å². The fraction of sp³-hybridized carbons (Fsp3) is 0.619. The van der Waals surface area contributed by atoms with Gasteiger partial charge in [-0.3, -0.25) is 19.4 Å². The van der Waals surface area contributed by atoms with Crippen molar-refractivity contribution in [2.45, 2.75) is 32.1 Å². The van der Waals surface area contributed by atoms with Crippen molar-refractivity contribution in [3.8, 4) is 0 Å². The normalized spacial score (nSPS) is 20.7. The highest BCUT2D eigenvalue weighted by molar-refractivity contribution is 5.92. The summed E-state index contributed by atoms with van der Waals surface area (Å²) < 4.78 is 0. The number of fused-ring (bicyclic) bond motifs is 1. The van der Waals surface area contributed by atoms with Gasteiger partial charge in [0.1, 0.15) is 0 Å². The van der Waals surface area contributed by atoms with E-state index in [1.165, 1.54) is 17.5 Å². The van der Waals surface area contributed by atoms with E-state index in [2.05, 4.69) is 27.2 Å². The zero-order valence-electron chi connectivity index (χ0n) is 16.1. The first kappa shape index (κ1) is 18.4. The van der Waals surface area contributed by atoms with E-state index in [1.807, 2.05) is 11.0 Å². The average Bonchev–Trinajstić information content (AvgIpc) is 3.34. The summed E-state index contributed by atoms with van der Waals surface area (Å²) in [5.74, 6) is 0.310. The lowest BCUT2D eigenvalue weighted by Crippen LogP contribution is -2.51. The Balaban J connectivity index is 1.19. The van der Waals surface area contributed by atoms with Crippen molar-refractivity contribution in [3.05, 3.63) is 29.3 Å². The number of amides is 2. The number of carbonyl (C=O) groups is 2. The highest BCUT2D eigenvalue weighted by Gasteiger charge is 2.24. The standard InChI is InChI=1S/C21H30N4O2/c26-20(22-19-7-6-17-4-3-5-18(17)14-19)15-23-10-12-24(13-11-23)16-21(27)25-8-1-2-9-25/h6-7,14H,1-5,8-13,15-16H2,(H,22,26). The molecule has 0 saturated carbocycles. The third-order valence-electron chi connectivity index (χ3n) is 6.03. The number of anilines is 1. The molecule has 6 nitrogen and oxygen atoms in total. The number of hydrogen-bond donors (Lipinski definition) is 1. The quantitative estimate of drug-likeness (QED) is 0.850. The molecule has 6 heteroatoms. The van der Waals surface area contributed by atoms with Crippen LogP contribution in [0.3, 0.4) is 0 Å². The van der Waals surface area contributed by atoms with Crippen LogP contribution in [0.5, 0.6) is 0 Å². The Morgan fingerprint density at radius 3 is 2.22 bits per heavy atom. The van der Waals surface area contributed by atoms with E-state index in [4.69, 9.17) is 0 Å². The molecule has 0 bridgehead atoms. The van der Waals surface area contributed by atoms with Crippen molar-refractivity contribution < 1.29 is 9.59 Å². The Bertz CT molecular complexity index is 691. The van der Waals surface area contributed by atoms with Crippen LogP contribution in [0.15, 0.2) is 18.2 Å². The van der Waals surface area contributed by atoms with Gasteiger partial charge in [0, 0.05) is 45.0 Å². The van der Waals surface area contributed by atoms with Crippen LogP contribution >= 0.6 is 0 Å². The first-order chi connectivity index (χ1) is 13.2. The van der Waals surface area contributed by atoms with Gasteiger partial charge in [-0.1, -0.05) is 6.07 Å². The number of likely N-dealkylation sites (tertiary alicyclic amines) is 1. The van der Waals surface area contributed by atoms with Crippen LogP contribution in [-0.2, 0) is 22.4 Å². The lowest BCUT2D eigenvalue weighted by molar-refractivity contribution is -0.132. The van der Waals surface area contributed by atoms with Crippen molar-refractivity contribution >= 4 is 17.5 Å². The second-order valence-electron chi connectivity index (χ2n) is 8.03. The molecule has 146 valence electrons. The Morgan fingerprint density at radius 1 is 0.815 bits per heavy atom. The predicted molar refractivity (Wildman–Crippen MR) is 106 cm³/mol. The number of hydrogen-bond acceptors (Lipinski definition) is 4. The second-order valence-corrected chi connectivity index (χ2v) is 8.03. The highest BCUT2D eigenvalue weighted by atomic mass is 16.2. The maximum absolute atomic E-state index is 12.4. The predicted octanol–water partition coefficient (Wildman–Crippen LogP) is 1.35. The Labute approximate surface area is 161 Å². The van der Waals surface area contributed by atoms with E-state index in [9.17, 15) is 9.59 Å². The van der Waals surface area contributed by atoms with E-state index >= 15 is 0 Å². The van der Waals surface area contributed by atoms with Crippen LogP contribution in [-0.4, -0.2) is 78.9 Å². The lowest BCUT2D eigenvalue weighted by atomic mass is 10.1. The van der Waals surface area contributed by atoms with Gasteiger partial charge in [0.25, 0.3) is 0 Å². The second kappa shape index (κ2) is 8.40. The molecule has 1 aliphatic carbocycles. The summed E-state index contributed by atoms with van der Waals surface area (Å²) in [6.45, 7) is 6.16. The van der Waals surface area contributed by atoms with Gasteiger partial charge in [-0.15, -0.1) is 0 Å². The molecule has 4 rings (SSSR count). The van der Waals surface area contributed by atoms with Gasteiger partial charge < -0.3 is 10.2 Å². The topological polar surface area (TPSA) is 55.9 Å². The van der Waals surface area contributed by atoms with E-state index in [1.54, 1.807) is 0 Å². The van der Waals surface area contributed by atoms with Crippen LogP contribution in [0.25, 0.3) is 0 Å². The van der Waals surface area contributed by atoms with Crippen LogP contribution in [0.2, 0.25) is 0 Å². The summed E-state index contributed by atoms with van der Waals surface area (Å²) in [5, 5.41) is 3.04. The number of carbonyl (C=O) groups excluding carboxylic acids is 2. The number of nitrogens with zero attached hydrogens (tertiary/aromatic N) is 3. The van der Waals surface area contributed by atoms with Crippen molar-refractivity contribution in [3.63, 3.8) is 0 Å². The molecule has 0 atom stereocenters. The van der Waals surface area contributed by atoms with Gasteiger partial charge in [-0.25, -0.2) is 0 Å². The van der Waals surface area contributed by atoms with E-state index in [0.29, 0.717) is 13.1 Å². The Morgan fingerprint density at radius 2 is 1.48 bits per heavy atom. The number of benzene rings is 1. The fourth-order valence-electron chi connectivity index (χ4n) is 4.42. The highest BCUT2D eigenvalue weighted by Crippen LogP contribution is 2.24. The molecule has 0 radical (unpaired) electrons. The smallest absolute Gasteiger partial charge is 0.238 e. The molecule has 1 aromatic carbocycles. The minimum atomic E-state index is 0.0505. The average molecular weight is 370 g/mol. The molecule has 0 aromatic heterocycles. The molecule has 0 spiro atoms. The molecular formula is C21H30N4O2. The monoisotopic (exact) mass is 370 g/mol. The van der Waals surface area contributed by atoms with Gasteiger partial charge in [0.15, 0.2) is 0 Å². The minimum absolute atomic E-state index is 0.0505. The third kappa shape index (κ3) is 4.68. The molecule has 0 unspecified atom stereocenters. The molecule has 2 amide bonds. The summed E-state index contributed by atoms with van der Waals surface area (Å²) in [7, 11) is 0. The summed E-state index contributed by atoms with van der Waals surface area (Å²) in [6.07, 6.45) is 5.78. The zero-order chi connectivity index (χ0) is 18.6. The molecule has 3 aliphatic rings. The van der Waals surface area contributed by atoms with Crippen LogP contribution < -0.4 is 5.32 Å². The van der Waals surface area contributed by atoms with Gasteiger partial charge in [-0.2, -0.15) is 0 Å². The van der Waals surface area contributed by atoms with Crippen molar-refractivity contribution in [1.29, 1.82) is 0 Å². The Kier molecular flexibility index (Phi) is 5.74. The molecule has 27 heavy (non-hydrogen) atoms. The summed E-state index contributed by atoms with van der Waals surface area (Å²) in [6, 6.07) is 6.29. The SMILES string of the molecule is O=C(CN1CCN(CC(=O)N2CCCC2)CC1)Nc1ccc2c(c1)CCC2. The molecule has 2 aliphatic heterocycles. The van der Waals surface area contributed by atoms with E-state index in [0.717, 1.165) is 70.6 Å². The van der Waals surface area contributed by atoms with Crippen LogP contribution in [0.4, 0.5) is 5.69 Å². The Hall–Kier alpha value is -1.92. The summed E-state index contributed by atoms with van der Waals surface area (Å²) in [5.41, 5.74) is 3.71. The summed E-state index contributed by atoms with van der Waals surface area (Å²) in [4.78, 5) is 31.0. The maximum atomic E-state index is 12.4. The largest absolute Gasteiger partial charge is 0.342 e. The summed E-state index contributed by atoms with van der Waals surface area (Å²) >= 11 is 0. The molecule has 2 fully saturated rings. The van der Waals surface area contributed by atoms with Gasteiger partial charge >= 0.3 is 0 Å². The van der Waals surface area contributed by atoms with Gasteiger partial charge in [-0.05, 0) is 55.4 Å². The maximum Gasteiger partial charge on any atom is 0.238 e. The van der Waals surface area contributed by atoms with E-state index in [-0.39, 0.29) is 11.8 Å². The first-order valence-electron chi connectivity index (χ1n) is 10.3. The van der Waals surface area contributed by atoms with Crippen molar-refractivity contribution in [2.24, 2.45) is 0 Å². The molecule has 1 aromatic rings. The number of nitrogens with one attached hydrogen (secondary N) is 1. The number of piperazine rings is 1. The number of aryl methyl sites for hydroxylation is 2. The zero-order valence-corrected chi connectivity index (χ0v) is 16.1. The first-order valence-corrected chi connectivity index (χ1v) is 10.3.